The van der Waals surface area contributed by atoms with Crippen LogP contribution in [0.15, 0.2) is 12.1 Å². The molecule has 0 radical (unpaired) electrons. The Bertz CT molecular complexity index is 587. The largest absolute Gasteiger partial charge is 0.483 e. The molecule has 1 saturated heterocycles. The SMILES string of the molecule is Cc1cc(C(=O)NCCCN)cc(C)c1OCC(=O)N1CCCCC1. The molecule has 2 rings (SSSR count). The first-order valence-electron chi connectivity index (χ1n) is 9.03. The molecule has 1 aromatic rings. The van der Waals surface area contributed by atoms with E-state index in [0.717, 1.165) is 43.5 Å². The summed E-state index contributed by atoms with van der Waals surface area (Å²) in [6.45, 7) is 6.59. The van der Waals surface area contributed by atoms with Crippen molar-refractivity contribution in [2.45, 2.75) is 39.5 Å². The Kier molecular flexibility index (Phi) is 7.25. The molecule has 0 aromatic heterocycles. The van der Waals surface area contributed by atoms with Crippen LogP contribution in [-0.4, -0.2) is 49.5 Å². The predicted molar refractivity (Wildman–Crippen MR) is 97.8 cm³/mol. The number of nitrogens with two attached hydrogens (primary N) is 1. The van der Waals surface area contributed by atoms with Crippen molar-refractivity contribution in [2.75, 3.05) is 32.8 Å². The van der Waals surface area contributed by atoms with Gasteiger partial charge in [0.15, 0.2) is 6.61 Å². The highest BCUT2D eigenvalue weighted by Crippen LogP contribution is 2.25. The third kappa shape index (κ3) is 5.46. The summed E-state index contributed by atoms with van der Waals surface area (Å²) in [4.78, 5) is 26.3. The number of rotatable bonds is 7. The van der Waals surface area contributed by atoms with Gasteiger partial charge in [-0.2, -0.15) is 0 Å². The van der Waals surface area contributed by atoms with Crippen LogP contribution in [0.3, 0.4) is 0 Å². The standard InChI is InChI=1S/C19H29N3O3/c1-14-11-16(19(24)21-8-6-7-20)12-15(2)18(14)25-13-17(23)22-9-4-3-5-10-22/h11-12H,3-10,13,20H2,1-2H3,(H,21,24). The van der Waals surface area contributed by atoms with Gasteiger partial charge in [-0.3, -0.25) is 9.59 Å². The van der Waals surface area contributed by atoms with E-state index in [0.29, 0.717) is 24.4 Å². The van der Waals surface area contributed by atoms with Gasteiger partial charge in [-0.1, -0.05) is 0 Å². The first-order valence-corrected chi connectivity index (χ1v) is 9.03. The first kappa shape index (κ1) is 19.2. The van der Waals surface area contributed by atoms with E-state index in [9.17, 15) is 9.59 Å². The minimum atomic E-state index is -0.115. The lowest BCUT2D eigenvalue weighted by atomic mass is 10.0. The van der Waals surface area contributed by atoms with E-state index >= 15 is 0 Å². The normalized spacial score (nSPS) is 14.3. The second-order valence-corrected chi connectivity index (χ2v) is 6.57. The highest BCUT2D eigenvalue weighted by atomic mass is 16.5. The molecule has 1 aliphatic rings. The lowest BCUT2D eigenvalue weighted by molar-refractivity contribution is -0.134. The lowest BCUT2D eigenvalue weighted by Gasteiger charge is -2.26. The number of carbonyl (C=O) groups excluding carboxylic acids is 2. The van der Waals surface area contributed by atoms with Crippen LogP contribution in [0, 0.1) is 13.8 Å². The van der Waals surface area contributed by atoms with Crippen molar-refractivity contribution >= 4 is 11.8 Å². The lowest BCUT2D eigenvalue weighted by Crippen LogP contribution is -2.38. The molecule has 0 atom stereocenters. The van der Waals surface area contributed by atoms with Crippen molar-refractivity contribution in [3.8, 4) is 5.75 Å². The molecule has 6 nitrogen and oxygen atoms in total. The molecule has 138 valence electrons. The fraction of sp³-hybridized carbons (Fsp3) is 0.579. The zero-order valence-electron chi connectivity index (χ0n) is 15.3. The van der Waals surface area contributed by atoms with Gasteiger partial charge in [-0.15, -0.1) is 0 Å². The molecule has 6 heteroatoms. The van der Waals surface area contributed by atoms with E-state index in [1.807, 2.05) is 18.7 Å². The highest BCUT2D eigenvalue weighted by Gasteiger charge is 2.18. The minimum absolute atomic E-state index is 0.0297. The van der Waals surface area contributed by atoms with E-state index in [1.54, 1.807) is 12.1 Å². The number of hydrogen-bond donors (Lipinski definition) is 2. The molecule has 1 heterocycles. The molecular formula is C19H29N3O3. The molecule has 1 fully saturated rings. The van der Waals surface area contributed by atoms with Gasteiger partial charge < -0.3 is 20.7 Å². The van der Waals surface area contributed by atoms with E-state index in [1.165, 1.54) is 6.42 Å². The number of amides is 2. The van der Waals surface area contributed by atoms with Gasteiger partial charge in [-0.25, -0.2) is 0 Å². The number of hydrogen-bond acceptors (Lipinski definition) is 4. The summed E-state index contributed by atoms with van der Waals surface area (Å²) in [5.74, 6) is 0.599. The Morgan fingerprint density at radius 1 is 1.16 bits per heavy atom. The van der Waals surface area contributed by atoms with Gasteiger partial charge >= 0.3 is 0 Å². The van der Waals surface area contributed by atoms with Crippen LogP contribution in [0.1, 0.15) is 47.2 Å². The number of nitrogens with one attached hydrogen (secondary N) is 1. The summed E-state index contributed by atoms with van der Waals surface area (Å²) in [6, 6.07) is 3.59. The second-order valence-electron chi connectivity index (χ2n) is 6.57. The Balaban J connectivity index is 1.97. The summed E-state index contributed by atoms with van der Waals surface area (Å²) in [5.41, 5.74) is 7.75. The van der Waals surface area contributed by atoms with Gasteiger partial charge in [-0.05, 0) is 69.3 Å². The summed E-state index contributed by atoms with van der Waals surface area (Å²) < 4.78 is 5.78. The molecule has 0 spiro atoms. The van der Waals surface area contributed by atoms with Crippen molar-refractivity contribution in [1.82, 2.24) is 10.2 Å². The van der Waals surface area contributed by atoms with Gasteiger partial charge in [0.2, 0.25) is 0 Å². The maximum absolute atomic E-state index is 12.2. The zero-order chi connectivity index (χ0) is 18.2. The van der Waals surface area contributed by atoms with E-state index < -0.39 is 0 Å². The van der Waals surface area contributed by atoms with Crippen molar-refractivity contribution in [3.63, 3.8) is 0 Å². The van der Waals surface area contributed by atoms with Gasteiger partial charge in [0.1, 0.15) is 5.75 Å². The zero-order valence-corrected chi connectivity index (χ0v) is 15.3. The number of aryl methyl sites for hydroxylation is 2. The number of likely N-dealkylation sites (tertiary alicyclic amines) is 1. The molecule has 0 bridgehead atoms. The quantitative estimate of drug-likeness (QED) is 0.736. The van der Waals surface area contributed by atoms with Crippen molar-refractivity contribution in [2.24, 2.45) is 5.73 Å². The van der Waals surface area contributed by atoms with Crippen LogP contribution in [0.25, 0.3) is 0 Å². The average molecular weight is 347 g/mol. The third-order valence-corrected chi connectivity index (χ3v) is 4.44. The fourth-order valence-corrected chi connectivity index (χ4v) is 3.08. The van der Waals surface area contributed by atoms with Crippen LogP contribution in [-0.2, 0) is 4.79 Å². The first-order chi connectivity index (χ1) is 12.0. The average Bonchev–Trinajstić information content (AvgIpc) is 2.61. The molecule has 2 amide bonds. The Hall–Kier alpha value is -2.08. The second kappa shape index (κ2) is 9.42. The monoisotopic (exact) mass is 347 g/mol. The summed E-state index contributed by atoms with van der Waals surface area (Å²) in [7, 11) is 0. The molecule has 0 saturated carbocycles. The Morgan fingerprint density at radius 3 is 2.40 bits per heavy atom. The van der Waals surface area contributed by atoms with Crippen LogP contribution in [0.5, 0.6) is 5.75 Å². The summed E-state index contributed by atoms with van der Waals surface area (Å²) >= 11 is 0. The van der Waals surface area contributed by atoms with Crippen LogP contribution in [0.2, 0.25) is 0 Å². The summed E-state index contributed by atoms with van der Waals surface area (Å²) in [5, 5.41) is 2.85. The van der Waals surface area contributed by atoms with Crippen molar-refractivity contribution < 1.29 is 14.3 Å². The maximum Gasteiger partial charge on any atom is 0.260 e. The summed E-state index contributed by atoms with van der Waals surface area (Å²) in [6.07, 6.45) is 4.08. The third-order valence-electron chi connectivity index (χ3n) is 4.44. The molecule has 0 aliphatic carbocycles. The van der Waals surface area contributed by atoms with E-state index in [2.05, 4.69) is 5.32 Å². The van der Waals surface area contributed by atoms with Crippen molar-refractivity contribution in [1.29, 1.82) is 0 Å². The molecule has 1 aliphatic heterocycles. The minimum Gasteiger partial charge on any atom is -0.483 e. The van der Waals surface area contributed by atoms with Gasteiger partial charge in [0.05, 0.1) is 0 Å². The Labute approximate surface area is 149 Å². The molecule has 1 aromatic carbocycles. The molecule has 0 unspecified atom stereocenters. The Morgan fingerprint density at radius 2 is 1.80 bits per heavy atom. The van der Waals surface area contributed by atoms with Gasteiger partial charge in [0, 0.05) is 25.2 Å². The number of carbonyl (C=O) groups is 2. The van der Waals surface area contributed by atoms with E-state index in [4.69, 9.17) is 10.5 Å². The topological polar surface area (TPSA) is 84.7 Å². The smallest absolute Gasteiger partial charge is 0.260 e. The number of benzene rings is 1. The fourth-order valence-electron chi connectivity index (χ4n) is 3.08. The highest BCUT2D eigenvalue weighted by molar-refractivity contribution is 5.94. The number of nitrogens with zero attached hydrogens (tertiary/aromatic N) is 1. The van der Waals surface area contributed by atoms with Crippen LogP contribution >= 0.6 is 0 Å². The molecule has 25 heavy (non-hydrogen) atoms. The number of piperidine rings is 1. The molecule has 3 N–H and O–H groups in total. The predicted octanol–water partition coefficient (Wildman–Crippen LogP) is 1.77. The maximum atomic E-state index is 12.2. The van der Waals surface area contributed by atoms with Gasteiger partial charge in [0.25, 0.3) is 11.8 Å². The van der Waals surface area contributed by atoms with E-state index in [-0.39, 0.29) is 18.4 Å². The molecular weight excluding hydrogens is 318 g/mol. The van der Waals surface area contributed by atoms with Crippen molar-refractivity contribution in [3.05, 3.63) is 28.8 Å². The van der Waals surface area contributed by atoms with Crippen LogP contribution in [0.4, 0.5) is 0 Å². The van der Waals surface area contributed by atoms with Crippen LogP contribution < -0.4 is 15.8 Å². The number of ether oxygens (including phenoxy) is 1.